The highest BCUT2D eigenvalue weighted by atomic mass is 35.5. The summed E-state index contributed by atoms with van der Waals surface area (Å²) in [6.07, 6.45) is -1.54. The molecule has 1 aliphatic rings. The van der Waals surface area contributed by atoms with Crippen LogP contribution in [0.1, 0.15) is 5.56 Å². The number of hydrogen-bond acceptors (Lipinski definition) is 10. The molecule has 1 fully saturated rings. The van der Waals surface area contributed by atoms with Crippen molar-refractivity contribution >= 4 is 51.6 Å². The second-order valence-corrected chi connectivity index (χ2v) is 10.4. The molecule has 3 aromatic carbocycles. The van der Waals surface area contributed by atoms with Gasteiger partial charge < -0.3 is 36.6 Å². The van der Waals surface area contributed by atoms with E-state index in [-0.39, 0.29) is 22.7 Å². The Hall–Kier alpha value is -4.88. The van der Waals surface area contributed by atoms with Crippen molar-refractivity contribution in [3.05, 3.63) is 77.2 Å². The van der Waals surface area contributed by atoms with Gasteiger partial charge in [0.05, 0.1) is 18.3 Å². The first-order valence-electron chi connectivity index (χ1n) is 13.8. The summed E-state index contributed by atoms with van der Waals surface area (Å²) in [6, 6.07) is 12.3. The standard InChI is InChI=1S/C31H30ClF3N8O2/c1-44-20-4-2-19(3-5-20)42-29(31(33,34)35)18(14-36)16-45-27-7-6-25(38)23(15-37)28(27)21-13-26-22(12-24(21)32)30(41-17-40-26)43-10-8-39-9-11-43/h2-7,12-15,17,37,39H,8-11,16,36,38H2,1H3. The third-order valence-corrected chi connectivity index (χ3v) is 7.56. The molecule has 0 unspecified atom stereocenters. The third-order valence-electron chi connectivity index (χ3n) is 7.24. The van der Waals surface area contributed by atoms with E-state index in [2.05, 4.69) is 25.2 Å². The van der Waals surface area contributed by atoms with E-state index >= 15 is 0 Å². The predicted molar refractivity (Wildman–Crippen MR) is 171 cm³/mol. The van der Waals surface area contributed by atoms with Crippen LogP contribution in [0.3, 0.4) is 0 Å². The summed E-state index contributed by atoms with van der Waals surface area (Å²) in [4.78, 5) is 14.9. The molecule has 1 saturated heterocycles. The van der Waals surface area contributed by atoms with Crippen molar-refractivity contribution in [3.63, 3.8) is 0 Å². The van der Waals surface area contributed by atoms with Crippen molar-refractivity contribution in [3.8, 4) is 22.6 Å². The molecule has 234 valence electrons. The highest BCUT2D eigenvalue weighted by molar-refractivity contribution is 6.34. The number of nitrogen functional groups attached to an aromatic ring is 1. The van der Waals surface area contributed by atoms with E-state index in [9.17, 15) is 13.2 Å². The quantitative estimate of drug-likeness (QED) is 0.139. The van der Waals surface area contributed by atoms with Crippen molar-refractivity contribution in [1.29, 1.82) is 5.41 Å². The number of ether oxygens (including phenoxy) is 2. The number of benzene rings is 3. The minimum Gasteiger partial charge on any atom is -0.497 e. The summed E-state index contributed by atoms with van der Waals surface area (Å²) in [5, 5.41) is 12.4. The Morgan fingerprint density at radius 3 is 2.51 bits per heavy atom. The fourth-order valence-corrected chi connectivity index (χ4v) is 5.26. The molecule has 0 bridgehead atoms. The number of nitrogens with two attached hydrogens (primary N) is 2. The highest BCUT2D eigenvalue weighted by Gasteiger charge is 2.38. The van der Waals surface area contributed by atoms with Gasteiger partial charge in [-0.25, -0.2) is 15.0 Å². The van der Waals surface area contributed by atoms with E-state index in [1.54, 1.807) is 12.1 Å². The van der Waals surface area contributed by atoms with Crippen LogP contribution in [0.5, 0.6) is 11.5 Å². The van der Waals surface area contributed by atoms with Crippen molar-refractivity contribution in [2.45, 2.75) is 6.18 Å². The van der Waals surface area contributed by atoms with E-state index in [0.717, 1.165) is 49.8 Å². The number of alkyl halides is 3. The van der Waals surface area contributed by atoms with E-state index in [1.165, 1.54) is 49.8 Å². The lowest BCUT2D eigenvalue weighted by molar-refractivity contribution is -0.0585. The van der Waals surface area contributed by atoms with Crippen LogP contribution < -0.4 is 31.2 Å². The minimum atomic E-state index is -4.85. The molecule has 1 aliphatic heterocycles. The Morgan fingerprint density at radius 1 is 1.13 bits per heavy atom. The molecule has 0 saturated carbocycles. The normalized spacial score (nSPS) is 14.5. The second-order valence-electron chi connectivity index (χ2n) is 10.0. The van der Waals surface area contributed by atoms with Gasteiger partial charge in [-0.15, -0.1) is 0 Å². The fraction of sp³-hybridized carbons (Fsp3) is 0.226. The molecule has 0 radical (unpaired) electrons. The third kappa shape index (κ3) is 6.79. The first kappa shape index (κ1) is 31.5. The van der Waals surface area contributed by atoms with Crippen LogP contribution in [0.15, 0.2) is 71.6 Å². The Labute approximate surface area is 262 Å². The number of methoxy groups -OCH3 is 1. The van der Waals surface area contributed by atoms with Gasteiger partial charge in [-0.2, -0.15) is 13.2 Å². The van der Waals surface area contributed by atoms with Gasteiger partial charge in [0.25, 0.3) is 0 Å². The Bertz CT molecular complexity index is 1770. The zero-order valence-electron chi connectivity index (χ0n) is 24.2. The highest BCUT2D eigenvalue weighted by Crippen LogP contribution is 2.42. The maximum absolute atomic E-state index is 14.2. The first-order valence-corrected chi connectivity index (χ1v) is 14.2. The topological polar surface area (TPSA) is 148 Å². The molecule has 1 aromatic heterocycles. The first-order chi connectivity index (χ1) is 21.6. The molecule has 0 aliphatic carbocycles. The van der Waals surface area contributed by atoms with E-state index in [0.29, 0.717) is 27.4 Å². The molecule has 2 heterocycles. The lowest BCUT2D eigenvalue weighted by atomic mass is 9.96. The SMILES string of the molecule is COc1ccc(N=C(C(=CN)COc2ccc(N)c(C=N)c2-c2cc3ncnc(N4CCNCC4)c3cc2Cl)C(F)(F)F)cc1. The summed E-state index contributed by atoms with van der Waals surface area (Å²) < 4.78 is 53.7. The largest absolute Gasteiger partial charge is 0.497 e. The molecule has 0 amide bonds. The summed E-state index contributed by atoms with van der Waals surface area (Å²) in [6.45, 7) is 2.54. The Kier molecular flexibility index (Phi) is 9.40. The maximum Gasteiger partial charge on any atom is 0.433 e. The van der Waals surface area contributed by atoms with Crippen molar-refractivity contribution < 1.29 is 22.6 Å². The maximum atomic E-state index is 14.2. The lowest BCUT2D eigenvalue weighted by Gasteiger charge is -2.29. The Morgan fingerprint density at radius 2 is 1.87 bits per heavy atom. The van der Waals surface area contributed by atoms with Crippen LogP contribution in [0.4, 0.5) is 30.4 Å². The number of nitrogens with one attached hydrogen (secondary N) is 2. The summed E-state index contributed by atoms with van der Waals surface area (Å²) in [5.41, 5.74) is 12.2. The smallest absolute Gasteiger partial charge is 0.433 e. The minimum absolute atomic E-state index is 0.0480. The van der Waals surface area contributed by atoms with Crippen LogP contribution in [0.25, 0.3) is 22.0 Å². The van der Waals surface area contributed by atoms with Gasteiger partial charge in [0.15, 0.2) is 5.71 Å². The Balaban J connectivity index is 1.54. The number of hydrogen-bond donors (Lipinski definition) is 4. The number of aliphatic imine (C=N–C) groups is 1. The molecular formula is C31H30ClF3N8O2. The molecule has 45 heavy (non-hydrogen) atoms. The molecule has 0 atom stereocenters. The van der Waals surface area contributed by atoms with Gasteiger partial charge in [0.2, 0.25) is 0 Å². The zero-order chi connectivity index (χ0) is 32.1. The molecular weight excluding hydrogens is 609 g/mol. The second kappa shape index (κ2) is 13.4. The number of rotatable bonds is 9. The zero-order valence-corrected chi connectivity index (χ0v) is 24.9. The van der Waals surface area contributed by atoms with Gasteiger partial charge in [-0.3, -0.25) is 0 Å². The van der Waals surface area contributed by atoms with Crippen LogP contribution in [-0.4, -0.2) is 68.0 Å². The van der Waals surface area contributed by atoms with Crippen LogP contribution >= 0.6 is 11.6 Å². The molecule has 4 aromatic rings. The number of fused-ring (bicyclic) bond motifs is 1. The van der Waals surface area contributed by atoms with E-state index in [1.807, 2.05) is 0 Å². The number of anilines is 2. The number of piperazine rings is 1. The van der Waals surface area contributed by atoms with Gasteiger partial charge in [-0.05, 0) is 48.5 Å². The van der Waals surface area contributed by atoms with Crippen LogP contribution in [-0.2, 0) is 0 Å². The summed E-state index contributed by atoms with van der Waals surface area (Å²) in [5.74, 6) is 1.34. The molecule has 10 nitrogen and oxygen atoms in total. The summed E-state index contributed by atoms with van der Waals surface area (Å²) >= 11 is 6.85. The average Bonchev–Trinajstić information content (AvgIpc) is 3.04. The molecule has 0 spiro atoms. The van der Waals surface area contributed by atoms with Gasteiger partial charge in [-0.1, -0.05) is 11.6 Å². The fourth-order valence-electron chi connectivity index (χ4n) is 5.01. The summed E-state index contributed by atoms with van der Waals surface area (Å²) in [7, 11) is 1.45. The van der Waals surface area contributed by atoms with Gasteiger partial charge in [0.1, 0.15) is 30.3 Å². The molecule has 6 N–H and O–H groups in total. The van der Waals surface area contributed by atoms with Gasteiger partial charge >= 0.3 is 6.18 Å². The predicted octanol–water partition coefficient (Wildman–Crippen LogP) is 5.50. The molecule has 5 rings (SSSR count). The molecule has 14 heteroatoms. The average molecular weight is 639 g/mol. The van der Waals surface area contributed by atoms with Crippen molar-refractivity contribution in [2.75, 3.05) is 50.5 Å². The van der Waals surface area contributed by atoms with Crippen molar-refractivity contribution in [1.82, 2.24) is 15.3 Å². The van der Waals surface area contributed by atoms with E-state index in [4.69, 9.17) is 38.0 Å². The van der Waals surface area contributed by atoms with E-state index < -0.39 is 24.1 Å². The van der Waals surface area contributed by atoms with Crippen molar-refractivity contribution in [2.24, 2.45) is 10.7 Å². The van der Waals surface area contributed by atoms with Crippen LogP contribution in [0.2, 0.25) is 5.02 Å². The monoisotopic (exact) mass is 638 g/mol. The van der Waals surface area contributed by atoms with Crippen LogP contribution in [0, 0.1) is 5.41 Å². The number of halogens is 4. The lowest BCUT2D eigenvalue weighted by Crippen LogP contribution is -2.44. The number of nitrogens with zero attached hydrogens (tertiary/aromatic N) is 4. The van der Waals surface area contributed by atoms with Gasteiger partial charge in [0, 0.05) is 77.0 Å². The number of aromatic nitrogens is 2.